The first-order valence-electron chi connectivity index (χ1n) is 6.63. The standard InChI is InChI=1S/C16H17F3OSi/c1-21(2,14-6-4-3-5-7-14)15(20)12-8-10-13(11-9-12)16(17,18)19/h3-11,15,20H,1-2H3/t15-/m1/s1. The van der Waals surface area contributed by atoms with Crippen molar-refractivity contribution in [1.82, 2.24) is 0 Å². The number of aliphatic hydroxyl groups excluding tert-OH is 1. The van der Waals surface area contributed by atoms with Gasteiger partial charge in [-0.3, -0.25) is 0 Å². The molecule has 2 aromatic rings. The van der Waals surface area contributed by atoms with Gasteiger partial charge >= 0.3 is 6.18 Å². The molecule has 0 aliphatic rings. The van der Waals surface area contributed by atoms with Crippen LogP contribution in [0.25, 0.3) is 0 Å². The predicted molar refractivity (Wildman–Crippen MR) is 80.0 cm³/mol. The van der Waals surface area contributed by atoms with Gasteiger partial charge in [-0.2, -0.15) is 13.2 Å². The number of halogens is 3. The first-order valence-corrected chi connectivity index (χ1v) is 9.71. The smallest absolute Gasteiger partial charge is 0.392 e. The Labute approximate surface area is 123 Å². The van der Waals surface area contributed by atoms with Crippen molar-refractivity contribution < 1.29 is 18.3 Å². The molecule has 0 unspecified atom stereocenters. The van der Waals surface area contributed by atoms with Gasteiger partial charge in [-0.1, -0.05) is 60.7 Å². The highest BCUT2D eigenvalue weighted by Crippen LogP contribution is 2.31. The molecule has 0 aromatic heterocycles. The Morgan fingerprint density at radius 2 is 1.43 bits per heavy atom. The van der Waals surface area contributed by atoms with E-state index in [0.29, 0.717) is 5.56 Å². The fraction of sp³-hybridized carbons (Fsp3) is 0.250. The van der Waals surface area contributed by atoms with Gasteiger partial charge in [0.1, 0.15) is 8.07 Å². The number of hydrogen-bond donors (Lipinski definition) is 1. The summed E-state index contributed by atoms with van der Waals surface area (Å²) < 4.78 is 37.7. The second-order valence-corrected chi connectivity index (χ2v) is 10.2. The monoisotopic (exact) mass is 310 g/mol. The first-order chi connectivity index (χ1) is 9.73. The minimum absolute atomic E-state index is 0.531. The summed E-state index contributed by atoms with van der Waals surface area (Å²) >= 11 is 0. The van der Waals surface area contributed by atoms with Gasteiger partial charge in [-0.25, -0.2) is 0 Å². The van der Waals surface area contributed by atoms with Crippen molar-refractivity contribution >= 4 is 13.3 Å². The third-order valence-corrected chi connectivity index (χ3v) is 7.28. The van der Waals surface area contributed by atoms with Crippen LogP contribution in [0.15, 0.2) is 54.6 Å². The summed E-state index contributed by atoms with van der Waals surface area (Å²) in [4.78, 5) is 0. The maximum absolute atomic E-state index is 12.6. The van der Waals surface area contributed by atoms with Gasteiger partial charge in [0.2, 0.25) is 0 Å². The zero-order valence-electron chi connectivity index (χ0n) is 11.9. The van der Waals surface area contributed by atoms with E-state index < -0.39 is 25.5 Å². The topological polar surface area (TPSA) is 20.2 Å². The molecule has 0 aliphatic carbocycles. The first kappa shape index (κ1) is 15.8. The number of aliphatic hydroxyl groups is 1. The Morgan fingerprint density at radius 1 is 0.905 bits per heavy atom. The van der Waals surface area contributed by atoms with Gasteiger partial charge in [0, 0.05) is 0 Å². The molecule has 0 saturated heterocycles. The van der Waals surface area contributed by atoms with E-state index in [2.05, 4.69) is 0 Å². The van der Waals surface area contributed by atoms with Crippen molar-refractivity contribution in [3.05, 3.63) is 65.7 Å². The number of hydrogen-bond acceptors (Lipinski definition) is 1. The van der Waals surface area contributed by atoms with Crippen LogP contribution in [0, 0.1) is 0 Å². The van der Waals surface area contributed by atoms with Crippen molar-refractivity contribution in [1.29, 1.82) is 0 Å². The van der Waals surface area contributed by atoms with E-state index in [-0.39, 0.29) is 0 Å². The van der Waals surface area contributed by atoms with E-state index in [1.54, 1.807) is 0 Å². The molecule has 0 fully saturated rings. The number of benzene rings is 2. The molecule has 0 bridgehead atoms. The average Bonchev–Trinajstić information content (AvgIpc) is 2.46. The largest absolute Gasteiger partial charge is 0.416 e. The summed E-state index contributed by atoms with van der Waals surface area (Å²) in [6.07, 6.45) is -4.35. The molecule has 0 spiro atoms. The molecule has 5 heteroatoms. The van der Waals surface area contributed by atoms with Gasteiger partial charge in [0.25, 0.3) is 0 Å². The molecular formula is C16H17F3OSi. The summed E-state index contributed by atoms with van der Waals surface area (Å²) in [5.41, 5.74) is -0.914. The van der Waals surface area contributed by atoms with Crippen LogP contribution in [-0.4, -0.2) is 13.2 Å². The SMILES string of the molecule is C[Si](C)(c1ccccc1)[C@@H](O)c1ccc(C(F)(F)F)cc1. The van der Waals surface area contributed by atoms with Gasteiger partial charge in [-0.15, -0.1) is 0 Å². The lowest BCUT2D eigenvalue weighted by Crippen LogP contribution is -2.47. The average molecular weight is 310 g/mol. The van der Waals surface area contributed by atoms with Gasteiger partial charge in [0.15, 0.2) is 0 Å². The summed E-state index contributed by atoms with van der Waals surface area (Å²) in [6.45, 7) is 4.01. The Morgan fingerprint density at radius 3 is 1.90 bits per heavy atom. The molecule has 112 valence electrons. The van der Waals surface area contributed by atoms with E-state index in [9.17, 15) is 18.3 Å². The third kappa shape index (κ3) is 3.36. The van der Waals surface area contributed by atoms with Crippen LogP contribution in [0.5, 0.6) is 0 Å². The third-order valence-electron chi connectivity index (χ3n) is 3.76. The molecule has 1 nitrogen and oxygen atoms in total. The summed E-state index contributed by atoms with van der Waals surface area (Å²) in [6, 6.07) is 14.4. The summed E-state index contributed by atoms with van der Waals surface area (Å²) in [5.74, 6) is 0. The highest BCUT2D eigenvalue weighted by Gasteiger charge is 2.35. The van der Waals surface area contributed by atoms with Crippen molar-refractivity contribution in [2.45, 2.75) is 25.0 Å². The van der Waals surface area contributed by atoms with Crippen molar-refractivity contribution in [3.8, 4) is 0 Å². The fourth-order valence-electron chi connectivity index (χ4n) is 2.30. The molecule has 0 radical (unpaired) electrons. The molecule has 0 heterocycles. The van der Waals surface area contributed by atoms with E-state index in [0.717, 1.165) is 17.3 Å². The normalized spacial score (nSPS) is 14.0. The maximum atomic E-state index is 12.6. The molecule has 0 aliphatic heterocycles. The van der Waals surface area contributed by atoms with Crippen LogP contribution in [0.3, 0.4) is 0 Å². The zero-order chi connectivity index (χ0) is 15.7. The highest BCUT2D eigenvalue weighted by atomic mass is 28.3. The minimum atomic E-state index is -4.35. The number of alkyl halides is 3. The lowest BCUT2D eigenvalue weighted by Gasteiger charge is -2.29. The maximum Gasteiger partial charge on any atom is 0.416 e. The van der Waals surface area contributed by atoms with E-state index in [1.165, 1.54) is 12.1 Å². The van der Waals surface area contributed by atoms with Crippen molar-refractivity contribution in [3.63, 3.8) is 0 Å². The Bertz CT molecular complexity index is 591. The van der Waals surface area contributed by atoms with Crippen LogP contribution in [0.4, 0.5) is 13.2 Å². The molecule has 2 aromatic carbocycles. The van der Waals surface area contributed by atoms with E-state index in [4.69, 9.17) is 0 Å². The van der Waals surface area contributed by atoms with Crippen LogP contribution in [0.2, 0.25) is 13.1 Å². The molecular weight excluding hydrogens is 293 g/mol. The Balaban J connectivity index is 2.29. The quantitative estimate of drug-likeness (QED) is 0.853. The van der Waals surface area contributed by atoms with E-state index >= 15 is 0 Å². The van der Waals surface area contributed by atoms with Crippen LogP contribution < -0.4 is 5.19 Å². The molecule has 2 rings (SSSR count). The summed E-state index contributed by atoms with van der Waals surface area (Å²) in [5, 5.41) is 11.6. The van der Waals surface area contributed by atoms with Gasteiger partial charge in [0.05, 0.1) is 11.3 Å². The second-order valence-electron chi connectivity index (χ2n) is 5.61. The van der Waals surface area contributed by atoms with Gasteiger partial charge in [-0.05, 0) is 17.7 Å². The van der Waals surface area contributed by atoms with Gasteiger partial charge < -0.3 is 5.11 Å². The van der Waals surface area contributed by atoms with Crippen LogP contribution in [0.1, 0.15) is 16.9 Å². The van der Waals surface area contributed by atoms with Crippen LogP contribution in [-0.2, 0) is 6.18 Å². The minimum Gasteiger partial charge on any atom is -0.392 e. The Hall–Kier alpha value is -1.59. The Kier molecular flexibility index (Phi) is 4.25. The molecule has 0 amide bonds. The van der Waals surface area contributed by atoms with Crippen molar-refractivity contribution in [2.24, 2.45) is 0 Å². The second kappa shape index (κ2) is 5.65. The van der Waals surface area contributed by atoms with Crippen molar-refractivity contribution in [2.75, 3.05) is 0 Å². The van der Waals surface area contributed by atoms with E-state index in [1.807, 2.05) is 43.4 Å². The predicted octanol–water partition coefficient (Wildman–Crippen LogP) is 3.89. The lowest BCUT2D eigenvalue weighted by molar-refractivity contribution is -0.137. The molecule has 1 atom stereocenters. The molecule has 1 N–H and O–H groups in total. The number of rotatable bonds is 3. The molecule has 21 heavy (non-hydrogen) atoms. The fourth-order valence-corrected chi connectivity index (χ4v) is 4.69. The zero-order valence-corrected chi connectivity index (χ0v) is 12.9. The highest BCUT2D eigenvalue weighted by molar-refractivity contribution is 6.90. The lowest BCUT2D eigenvalue weighted by atomic mass is 10.1. The van der Waals surface area contributed by atoms with Crippen LogP contribution >= 0.6 is 0 Å². The summed E-state index contributed by atoms with van der Waals surface area (Å²) in [7, 11) is -2.21. The molecule has 0 saturated carbocycles.